The van der Waals surface area contributed by atoms with Crippen LogP contribution in [0.25, 0.3) is 0 Å². The van der Waals surface area contributed by atoms with Gasteiger partial charge in [-0.25, -0.2) is 0 Å². The van der Waals surface area contributed by atoms with Crippen molar-refractivity contribution in [3.8, 4) is 0 Å². The van der Waals surface area contributed by atoms with Gasteiger partial charge in [0.2, 0.25) is 29.5 Å². The number of carbonyl (C=O) groups excluding carboxylic acids is 5. The van der Waals surface area contributed by atoms with Gasteiger partial charge in [0.1, 0.15) is 24.2 Å². The van der Waals surface area contributed by atoms with Crippen molar-refractivity contribution in [3.63, 3.8) is 0 Å². The van der Waals surface area contributed by atoms with Gasteiger partial charge >= 0.3 is 0 Å². The molecule has 0 spiro atoms. The number of aliphatic imine (C=N–C) groups is 1. The molecule has 13 nitrogen and oxygen atoms in total. The highest BCUT2D eigenvalue weighted by Crippen LogP contribution is 2.11. The fourth-order valence-corrected chi connectivity index (χ4v) is 4.59. The van der Waals surface area contributed by atoms with Crippen LogP contribution in [0.5, 0.6) is 0 Å². The molecule has 1 saturated heterocycles. The Bertz CT molecular complexity index is 1100. The van der Waals surface area contributed by atoms with Crippen LogP contribution in [-0.4, -0.2) is 72.8 Å². The Morgan fingerprint density at radius 3 is 1.81 bits per heavy atom. The summed E-state index contributed by atoms with van der Waals surface area (Å²) in [7, 11) is 0. The van der Waals surface area contributed by atoms with Crippen molar-refractivity contribution < 1.29 is 24.0 Å². The number of carbonyl (C=O) groups is 5. The van der Waals surface area contributed by atoms with Crippen LogP contribution in [0.2, 0.25) is 0 Å². The third-order valence-corrected chi connectivity index (χ3v) is 6.62. The Kier molecular flexibility index (Phi) is 13.7. The van der Waals surface area contributed by atoms with E-state index in [1.807, 2.05) is 58.0 Å². The van der Waals surface area contributed by atoms with E-state index in [2.05, 4.69) is 31.6 Å². The molecule has 2 rings (SSSR count). The van der Waals surface area contributed by atoms with Crippen molar-refractivity contribution >= 4 is 35.5 Å². The largest absolute Gasteiger partial charge is 0.370 e. The van der Waals surface area contributed by atoms with Gasteiger partial charge in [0.15, 0.2) is 5.96 Å². The van der Waals surface area contributed by atoms with Gasteiger partial charge in [-0.05, 0) is 43.1 Å². The van der Waals surface area contributed by atoms with E-state index in [0.29, 0.717) is 19.3 Å². The van der Waals surface area contributed by atoms with E-state index in [4.69, 9.17) is 11.5 Å². The van der Waals surface area contributed by atoms with E-state index < -0.39 is 60.2 Å². The Morgan fingerprint density at radius 2 is 1.29 bits per heavy atom. The van der Waals surface area contributed by atoms with Crippen LogP contribution < -0.4 is 38.1 Å². The molecule has 13 heteroatoms. The number of nitrogens with two attached hydrogens (primary N) is 2. The maximum absolute atomic E-state index is 13.5. The zero-order valence-corrected chi connectivity index (χ0v) is 24.9. The SMILES string of the molecule is CC(C)C[C@@H]1NC(=O)[C@H](Cc2ccccc2)NC(=O)CNC(=O)[C@@H](CCCN=C(N)N)NC(=O)[C@H](CC(C)C)NC1=O. The van der Waals surface area contributed by atoms with Crippen LogP contribution in [0.3, 0.4) is 0 Å². The number of guanidine groups is 1. The zero-order valence-electron chi connectivity index (χ0n) is 24.9. The molecule has 0 saturated carbocycles. The van der Waals surface area contributed by atoms with E-state index in [1.54, 1.807) is 0 Å². The molecule has 1 aromatic carbocycles. The number of nitrogens with one attached hydrogen (secondary N) is 5. The number of hydrogen-bond donors (Lipinski definition) is 7. The fourth-order valence-electron chi connectivity index (χ4n) is 4.59. The van der Waals surface area contributed by atoms with Crippen LogP contribution in [0, 0.1) is 11.8 Å². The van der Waals surface area contributed by atoms with Crippen molar-refractivity contribution in [2.45, 2.75) is 84.0 Å². The molecule has 4 atom stereocenters. The second-order valence-corrected chi connectivity index (χ2v) is 11.4. The average molecular weight is 587 g/mol. The predicted molar refractivity (Wildman–Crippen MR) is 160 cm³/mol. The summed E-state index contributed by atoms with van der Waals surface area (Å²) in [6.07, 6.45) is 1.35. The lowest BCUT2D eigenvalue weighted by molar-refractivity contribution is -0.134. The number of amides is 5. The van der Waals surface area contributed by atoms with Gasteiger partial charge in [-0.15, -0.1) is 0 Å². The molecular formula is C29H46N8O5. The van der Waals surface area contributed by atoms with Crippen LogP contribution in [-0.2, 0) is 30.4 Å². The van der Waals surface area contributed by atoms with Gasteiger partial charge in [-0.3, -0.25) is 29.0 Å². The van der Waals surface area contributed by atoms with Gasteiger partial charge in [0.25, 0.3) is 0 Å². The van der Waals surface area contributed by atoms with Crippen molar-refractivity contribution in [3.05, 3.63) is 35.9 Å². The minimum atomic E-state index is -1.01. The van der Waals surface area contributed by atoms with Crippen molar-refractivity contribution in [1.29, 1.82) is 0 Å². The molecule has 232 valence electrons. The van der Waals surface area contributed by atoms with Gasteiger partial charge in [0.05, 0.1) is 6.54 Å². The Balaban J connectivity index is 2.42. The van der Waals surface area contributed by atoms with Gasteiger partial charge in [0, 0.05) is 13.0 Å². The van der Waals surface area contributed by atoms with Gasteiger partial charge in [-0.2, -0.15) is 0 Å². The van der Waals surface area contributed by atoms with E-state index in [9.17, 15) is 24.0 Å². The first-order chi connectivity index (χ1) is 19.8. The summed E-state index contributed by atoms with van der Waals surface area (Å²) in [4.78, 5) is 70.3. The number of benzene rings is 1. The third-order valence-electron chi connectivity index (χ3n) is 6.62. The molecule has 0 aliphatic carbocycles. The van der Waals surface area contributed by atoms with Gasteiger partial charge < -0.3 is 38.1 Å². The smallest absolute Gasteiger partial charge is 0.243 e. The molecule has 0 unspecified atom stereocenters. The lowest BCUT2D eigenvalue weighted by atomic mass is 9.99. The maximum Gasteiger partial charge on any atom is 0.243 e. The van der Waals surface area contributed by atoms with E-state index in [0.717, 1.165) is 5.56 Å². The van der Waals surface area contributed by atoms with Crippen molar-refractivity contribution in [2.24, 2.45) is 28.3 Å². The molecule has 0 radical (unpaired) electrons. The Labute approximate surface area is 247 Å². The first-order valence-corrected chi connectivity index (χ1v) is 14.4. The molecular weight excluding hydrogens is 540 g/mol. The van der Waals surface area contributed by atoms with Crippen LogP contribution in [0.1, 0.15) is 58.9 Å². The summed E-state index contributed by atoms with van der Waals surface area (Å²) in [5.41, 5.74) is 11.6. The summed E-state index contributed by atoms with van der Waals surface area (Å²) >= 11 is 0. The molecule has 1 heterocycles. The van der Waals surface area contributed by atoms with E-state index in [-0.39, 0.29) is 37.2 Å². The van der Waals surface area contributed by atoms with Crippen LogP contribution in [0.4, 0.5) is 0 Å². The monoisotopic (exact) mass is 586 g/mol. The molecule has 1 aromatic rings. The van der Waals surface area contributed by atoms with E-state index in [1.165, 1.54) is 0 Å². The molecule has 42 heavy (non-hydrogen) atoms. The lowest BCUT2D eigenvalue weighted by Gasteiger charge is -2.27. The normalized spacial score (nSPS) is 22.7. The molecule has 0 bridgehead atoms. The maximum atomic E-state index is 13.5. The minimum Gasteiger partial charge on any atom is -0.370 e. The molecule has 1 fully saturated rings. The van der Waals surface area contributed by atoms with E-state index >= 15 is 0 Å². The zero-order chi connectivity index (χ0) is 31.2. The molecule has 1 aliphatic heterocycles. The highest BCUT2D eigenvalue weighted by molar-refractivity contribution is 5.97. The summed E-state index contributed by atoms with van der Waals surface area (Å²) in [6.45, 7) is 7.47. The standard InChI is InChI=1S/C29H46N8O5/c1-17(2)13-21-26(40)35-20(11-8-12-32-29(30)31)25(39)33-16-24(38)34-23(15-19-9-6-5-7-10-19)28(42)37-22(14-18(3)4)27(41)36-21/h5-7,9-10,17-18,20-23H,8,11-16H2,1-4H3,(H,33,39)(H,34,38)(H,35,40)(H,36,41)(H,37,42)(H4,30,31,32)/t20-,21+,22+,23+/m1/s1. The summed E-state index contributed by atoms with van der Waals surface area (Å²) in [5, 5.41) is 13.5. The van der Waals surface area contributed by atoms with Crippen LogP contribution >= 0.6 is 0 Å². The fraction of sp³-hybridized carbons (Fsp3) is 0.586. The second kappa shape index (κ2) is 16.9. The molecule has 9 N–H and O–H groups in total. The summed E-state index contributed by atoms with van der Waals surface area (Å²) in [6, 6.07) is 5.22. The molecule has 1 aliphatic rings. The predicted octanol–water partition coefficient (Wildman–Crippen LogP) is -0.556. The number of rotatable bonds is 10. The Morgan fingerprint density at radius 1 is 0.762 bits per heavy atom. The van der Waals surface area contributed by atoms with Crippen molar-refractivity contribution in [2.75, 3.05) is 13.1 Å². The highest BCUT2D eigenvalue weighted by atomic mass is 16.2. The van der Waals surface area contributed by atoms with Crippen LogP contribution in [0.15, 0.2) is 35.3 Å². The highest BCUT2D eigenvalue weighted by Gasteiger charge is 2.33. The summed E-state index contributed by atoms with van der Waals surface area (Å²) in [5.74, 6) is -2.81. The molecule has 0 aromatic heterocycles. The second-order valence-electron chi connectivity index (χ2n) is 11.4. The Hall–Kier alpha value is -4.16. The topological polar surface area (TPSA) is 210 Å². The van der Waals surface area contributed by atoms with Gasteiger partial charge in [-0.1, -0.05) is 58.0 Å². The lowest BCUT2D eigenvalue weighted by Crippen LogP contribution is -2.58. The summed E-state index contributed by atoms with van der Waals surface area (Å²) < 4.78 is 0. The average Bonchev–Trinajstić information content (AvgIpc) is 2.91. The molecule has 5 amide bonds. The first-order valence-electron chi connectivity index (χ1n) is 14.4. The number of hydrogen-bond acceptors (Lipinski definition) is 6. The third kappa shape index (κ3) is 12.1. The van der Waals surface area contributed by atoms with Crippen molar-refractivity contribution in [1.82, 2.24) is 26.6 Å². The first kappa shape index (κ1) is 34.0. The number of nitrogens with zero attached hydrogens (tertiary/aromatic N) is 1. The minimum absolute atomic E-state index is 0.0347. The quantitative estimate of drug-likeness (QED) is 0.108.